The van der Waals surface area contributed by atoms with Crippen LogP contribution in [0.3, 0.4) is 0 Å². The molecule has 0 bridgehead atoms. The fourth-order valence-electron chi connectivity index (χ4n) is 2.04. The SMILES string of the molecule is CN(CC(=O)NC1CC1)Cn1cc(S(=O)(=O)N(C)C)ccc1=O. The summed E-state index contributed by atoms with van der Waals surface area (Å²) in [6, 6.07) is 2.79. The third kappa shape index (κ3) is 4.63. The molecule has 2 rings (SSSR count). The van der Waals surface area contributed by atoms with E-state index >= 15 is 0 Å². The number of nitrogens with one attached hydrogen (secondary N) is 1. The lowest BCUT2D eigenvalue weighted by atomic mass is 10.4. The van der Waals surface area contributed by atoms with E-state index < -0.39 is 10.0 Å². The Hall–Kier alpha value is -1.71. The van der Waals surface area contributed by atoms with E-state index in [4.69, 9.17) is 0 Å². The van der Waals surface area contributed by atoms with Gasteiger partial charge >= 0.3 is 0 Å². The topological polar surface area (TPSA) is 91.7 Å². The quantitative estimate of drug-likeness (QED) is 0.705. The molecule has 0 aromatic carbocycles. The maximum absolute atomic E-state index is 12.1. The van der Waals surface area contributed by atoms with Gasteiger partial charge < -0.3 is 9.88 Å². The zero-order valence-corrected chi connectivity index (χ0v) is 14.3. The molecule has 1 aromatic heterocycles. The molecule has 1 heterocycles. The average molecular weight is 342 g/mol. The molecule has 8 nitrogen and oxygen atoms in total. The van der Waals surface area contributed by atoms with Crippen molar-refractivity contribution in [3.05, 3.63) is 28.7 Å². The molecule has 128 valence electrons. The van der Waals surface area contributed by atoms with Crippen molar-refractivity contribution in [3.63, 3.8) is 0 Å². The molecule has 0 unspecified atom stereocenters. The summed E-state index contributed by atoms with van der Waals surface area (Å²) in [4.78, 5) is 25.4. The van der Waals surface area contributed by atoms with Crippen LogP contribution in [0.25, 0.3) is 0 Å². The number of nitrogens with zero attached hydrogens (tertiary/aromatic N) is 3. The third-order valence-corrected chi connectivity index (χ3v) is 5.28. The highest BCUT2D eigenvalue weighted by Crippen LogP contribution is 2.18. The zero-order chi connectivity index (χ0) is 17.2. The van der Waals surface area contributed by atoms with Crippen LogP contribution < -0.4 is 10.9 Å². The second-order valence-electron chi connectivity index (χ2n) is 5.96. The summed E-state index contributed by atoms with van der Waals surface area (Å²) in [6.07, 6.45) is 3.33. The number of carbonyl (C=O) groups excluding carboxylic acids is 1. The second-order valence-corrected chi connectivity index (χ2v) is 8.11. The number of pyridine rings is 1. The molecule has 0 aliphatic heterocycles. The fraction of sp³-hybridized carbons (Fsp3) is 0.571. The number of hydrogen-bond donors (Lipinski definition) is 1. The molecular weight excluding hydrogens is 320 g/mol. The summed E-state index contributed by atoms with van der Waals surface area (Å²) in [7, 11) is 0.953. The molecule has 1 fully saturated rings. The first-order valence-corrected chi connectivity index (χ1v) is 8.75. The minimum atomic E-state index is -3.61. The smallest absolute Gasteiger partial charge is 0.251 e. The van der Waals surface area contributed by atoms with Crippen LogP contribution in [0, 0.1) is 0 Å². The largest absolute Gasteiger partial charge is 0.352 e. The lowest BCUT2D eigenvalue weighted by Crippen LogP contribution is -2.38. The third-order valence-electron chi connectivity index (χ3n) is 3.48. The first-order valence-electron chi connectivity index (χ1n) is 7.31. The molecule has 1 aliphatic rings. The van der Waals surface area contributed by atoms with E-state index in [-0.39, 0.29) is 35.6 Å². The van der Waals surface area contributed by atoms with Crippen LogP contribution in [0.1, 0.15) is 12.8 Å². The number of aromatic nitrogens is 1. The highest BCUT2D eigenvalue weighted by Gasteiger charge is 2.23. The normalized spacial score (nSPS) is 15.2. The van der Waals surface area contributed by atoms with Crippen LogP contribution in [0.2, 0.25) is 0 Å². The standard InChI is InChI=1S/C14H22N4O4S/c1-16(2)23(21,22)12-6-7-14(20)18(8-12)10-17(3)9-13(19)15-11-4-5-11/h6-8,11H,4-5,9-10H2,1-3H3,(H,15,19). The Kier molecular flexibility index (Phi) is 5.23. The summed E-state index contributed by atoms with van der Waals surface area (Å²) in [5.41, 5.74) is -0.322. The van der Waals surface area contributed by atoms with Gasteiger partial charge in [0.25, 0.3) is 5.56 Å². The van der Waals surface area contributed by atoms with Crippen molar-refractivity contribution in [3.8, 4) is 0 Å². The first-order chi connectivity index (χ1) is 10.7. The Bertz CT molecular complexity index is 737. The van der Waals surface area contributed by atoms with E-state index in [1.54, 1.807) is 11.9 Å². The van der Waals surface area contributed by atoms with E-state index in [2.05, 4.69) is 5.32 Å². The predicted molar refractivity (Wildman–Crippen MR) is 85.4 cm³/mol. The average Bonchev–Trinajstić information content (AvgIpc) is 3.24. The monoisotopic (exact) mass is 342 g/mol. The van der Waals surface area contributed by atoms with Gasteiger partial charge in [-0.05, 0) is 26.0 Å². The zero-order valence-electron chi connectivity index (χ0n) is 13.5. The van der Waals surface area contributed by atoms with Gasteiger partial charge in [-0.25, -0.2) is 12.7 Å². The van der Waals surface area contributed by atoms with E-state index in [1.807, 2.05) is 0 Å². The molecule has 1 aromatic rings. The Morgan fingerprint density at radius 1 is 1.30 bits per heavy atom. The van der Waals surface area contributed by atoms with Gasteiger partial charge in [-0.2, -0.15) is 0 Å². The fourth-order valence-corrected chi connectivity index (χ4v) is 2.96. The molecule has 1 saturated carbocycles. The van der Waals surface area contributed by atoms with Crippen molar-refractivity contribution in [1.29, 1.82) is 0 Å². The number of sulfonamides is 1. The van der Waals surface area contributed by atoms with Gasteiger partial charge in [-0.1, -0.05) is 0 Å². The highest BCUT2D eigenvalue weighted by atomic mass is 32.2. The minimum absolute atomic E-state index is 0.0398. The van der Waals surface area contributed by atoms with E-state index in [0.29, 0.717) is 0 Å². The summed E-state index contributed by atoms with van der Waals surface area (Å²) in [5, 5.41) is 2.87. The van der Waals surface area contributed by atoms with Crippen LogP contribution in [0.15, 0.2) is 28.0 Å². The van der Waals surface area contributed by atoms with Gasteiger partial charge in [-0.15, -0.1) is 0 Å². The van der Waals surface area contributed by atoms with Gasteiger partial charge in [-0.3, -0.25) is 14.5 Å². The summed E-state index contributed by atoms with van der Waals surface area (Å²) in [6.45, 7) is 0.279. The molecule has 9 heteroatoms. The van der Waals surface area contributed by atoms with Crippen LogP contribution in [0.4, 0.5) is 0 Å². The lowest BCUT2D eigenvalue weighted by molar-refractivity contribution is -0.122. The van der Waals surface area contributed by atoms with E-state index in [0.717, 1.165) is 17.1 Å². The van der Waals surface area contributed by atoms with Crippen molar-refractivity contribution in [1.82, 2.24) is 19.1 Å². The van der Waals surface area contributed by atoms with E-state index in [9.17, 15) is 18.0 Å². The minimum Gasteiger partial charge on any atom is -0.352 e. The molecule has 0 saturated heterocycles. The number of amides is 1. The van der Waals surface area contributed by atoms with Crippen LogP contribution in [-0.2, 0) is 21.5 Å². The predicted octanol–water partition coefficient (Wildman–Crippen LogP) is -0.733. The van der Waals surface area contributed by atoms with Crippen molar-refractivity contribution < 1.29 is 13.2 Å². The van der Waals surface area contributed by atoms with Crippen molar-refractivity contribution in [2.45, 2.75) is 30.4 Å². The van der Waals surface area contributed by atoms with E-state index in [1.165, 1.54) is 37.0 Å². The summed E-state index contributed by atoms with van der Waals surface area (Å²) < 4.78 is 26.6. The molecule has 0 spiro atoms. The summed E-state index contributed by atoms with van der Waals surface area (Å²) in [5.74, 6) is -0.0971. The Morgan fingerprint density at radius 3 is 2.52 bits per heavy atom. The number of hydrogen-bond acceptors (Lipinski definition) is 5. The Labute approximate surface area is 135 Å². The molecule has 0 atom stereocenters. The van der Waals surface area contributed by atoms with Gasteiger partial charge in [0.05, 0.1) is 18.1 Å². The lowest BCUT2D eigenvalue weighted by Gasteiger charge is -2.19. The van der Waals surface area contributed by atoms with Crippen molar-refractivity contribution in [2.24, 2.45) is 0 Å². The van der Waals surface area contributed by atoms with Gasteiger partial charge in [0, 0.05) is 32.4 Å². The Balaban J connectivity index is 2.09. The molecular formula is C14H22N4O4S. The van der Waals surface area contributed by atoms with Gasteiger partial charge in [0.2, 0.25) is 15.9 Å². The number of carbonyl (C=O) groups is 1. The molecule has 0 radical (unpaired) electrons. The Morgan fingerprint density at radius 2 is 1.96 bits per heavy atom. The first kappa shape index (κ1) is 17.6. The summed E-state index contributed by atoms with van der Waals surface area (Å²) >= 11 is 0. The van der Waals surface area contributed by atoms with Gasteiger partial charge in [0.15, 0.2) is 0 Å². The van der Waals surface area contributed by atoms with Crippen LogP contribution in [-0.4, -0.2) is 61.8 Å². The van der Waals surface area contributed by atoms with Gasteiger partial charge in [0.1, 0.15) is 0 Å². The van der Waals surface area contributed by atoms with Crippen LogP contribution >= 0.6 is 0 Å². The molecule has 1 amide bonds. The maximum Gasteiger partial charge on any atom is 0.251 e. The maximum atomic E-state index is 12.1. The van der Waals surface area contributed by atoms with Crippen molar-refractivity contribution >= 4 is 15.9 Å². The highest BCUT2D eigenvalue weighted by molar-refractivity contribution is 7.89. The number of rotatable bonds is 7. The second kappa shape index (κ2) is 6.81. The number of likely N-dealkylation sites (N-methyl/N-ethyl adjacent to an activating group) is 1. The van der Waals surface area contributed by atoms with Crippen LogP contribution in [0.5, 0.6) is 0 Å². The molecule has 1 aliphatic carbocycles. The van der Waals surface area contributed by atoms with Crippen molar-refractivity contribution in [2.75, 3.05) is 27.7 Å². The molecule has 23 heavy (non-hydrogen) atoms. The molecule has 1 N–H and O–H groups in total.